The van der Waals surface area contributed by atoms with E-state index in [1.165, 1.54) is 0 Å². The van der Waals surface area contributed by atoms with E-state index in [2.05, 4.69) is 0 Å². The third-order valence-electron chi connectivity index (χ3n) is 1.36. The van der Waals surface area contributed by atoms with Gasteiger partial charge in [0, 0.05) is 0 Å². The molecule has 4 heteroatoms. The third-order valence-corrected chi connectivity index (χ3v) is 1.36. The largest absolute Gasteiger partial charge is 0.393 e. The van der Waals surface area contributed by atoms with Crippen molar-refractivity contribution in [3.8, 4) is 0 Å². The van der Waals surface area contributed by atoms with E-state index >= 15 is 0 Å². The molecule has 0 rings (SSSR count). The molecule has 14 heavy (non-hydrogen) atoms. The van der Waals surface area contributed by atoms with Crippen molar-refractivity contribution in [2.24, 2.45) is 0 Å². The van der Waals surface area contributed by atoms with E-state index < -0.39 is 0 Å². The molecule has 0 spiro atoms. The summed E-state index contributed by atoms with van der Waals surface area (Å²) in [4.78, 5) is 0. The Morgan fingerprint density at radius 2 is 0.714 bits per heavy atom. The highest BCUT2D eigenvalue weighted by Gasteiger charge is 1.99. The second kappa shape index (κ2) is 9.40. The molecule has 88 valence electrons. The van der Waals surface area contributed by atoms with Gasteiger partial charge in [-0.05, 0) is 40.5 Å². The van der Waals surface area contributed by atoms with Gasteiger partial charge in [0.1, 0.15) is 0 Å². The van der Waals surface area contributed by atoms with Gasteiger partial charge in [0.2, 0.25) is 0 Å². The molecule has 0 aliphatic carbocycles. The van der Waals surface area contributed by atoms with Gasteiger partial charge in [-0.3, -0.25) is 0 Å². The van der Waals surface area contributed by atoms with Crippen LogP contribution >= 0.6 is 0 Å². The lowest BCUT2D eigenvalue weighted by atomic mass is 10.2. The average molecular weight is 208 g/mol. The molecular formula is C10H24O4. The Morgan fingerprint density at radius 3 is 0.714 bits per heavy atom. The highest BCUT2D eigenvalue weighted by Crippen LogP contribution is 1.94. The summed E-state index contributed by atoms with van der Waals surface area (Å²) in [5.74, 6) is 0. The predicted octanol–water partition coefficient (Wildman–Crippen LogP) is 0.276. The summed E-state index contributed by atoms with van der Waals surface area (Å²) >= 11 is 0. The molecule has 0 aliphatic rings. The van der Waals surface area contributed by atoms with Gasteiger partial charge < -0.3 is 20.4 Å². The molecule has 4 atom stereocenters. The maximum Gasteiger partial charge on any atom is 0.0536 e. The number of aliphatic hydroxyl groups excluding tert-OH is 4. The highest BCUT2D eigenvalue weighted by molar-refractivity contribution is 4.51. The summed E-state index contributed by atoms with van der Waals surface area (Å²) in [5.41, 5.74) is 0. The molecule has 4 N–H and O–H groups in total. The Balaban J connectivity index is 0. The van der Waals surface area contributed by atoms with E-state index in [0.29, 0.717) is 12.8 Å². The fourth-order valence-electron chi connectivity index (χ4n) is 0.987. The average Bonchev–Trinajstić information content (AvgIpc) is 1.79. The summed E-state index contributed by atoms with van der Waals surface area (Å²) in [6.45, 7) is 6.64. The standard InChI is InChI=1S/2C5H12O2/c2*1-4(6)3-5(2)7/h2*4-7H,3H2,1-2H3. The Labute approximate surface area is 86.2 Å². The number of aliphatic hydroxyl groups is 4. The van der Waals surface area contributed by atoms with E-state index in [1.54, 1.807) is 27.7 Å². The zero-order chi connectivity index (χ0) is 11.7. The van der Waals surface area contributed by atoms with Crippen LogP contribution in [0.5, 0.6) is 0 Å². The van der Waals surface area contributed by atoms with Gasteiger partial charge in [0.15, 0.2) is 0 Å². The lowest BCUT2D eigenvalue weighted by molar-refractivity contribution is 0.101. The lowest BCUT2D eigenvalue weighted by Gasteiger charge is -2.04. The first-order valence-electron chi connectivity index (χ1n) is 4.98. The summed E-state index contributed by atoms with van der Waals surface area (Å²) in [6.07, 6.45) is -0.556. The van der Waals surface area contributed by atoms with Crippen LogP contribution in [0.1, 0.15) is 40.5 Å². The van der Waals surface area contributed by atoms with Gasteiger partial charge in [-0.25, -0.2) is 0 Å². The summed E-state index contributed by atoms with van der Waals surface area (Å²) < 4.78 is 0. The molecule has 0 bridgehead atoms. The quantitative estimate of drug-likeness (QED) is 0.535. The Bertz CT molecular complexity index is 84.7. The fourth-order valence-corrected chi connectivity index (χ4v) is 0.987. The number of hydrogen-bond donors (Lipinski definition) is 4. The van der Waals surface area contributed by atoms with Gasteiger partial charge in [-0.2, -0.15) is 0 Å². The van der Waals surface area contributed by atoms with Gasteiger partial charge in [0.25, 0.3) is 0 Å². The van der Waals surface area contributed by atoms with Crippen LogP contribution in [0, 0.1) is 0 Å². The second-order valence-corrected chi connectivity index (χ2v) is 3.87. The minimum absolute atomic E-state index is 0.375. The van der Waals surface area contributed by atoms with Gasteiger partial charge in [0.05, 0.1) is 24.4 Å². The molecular weight excluding hydrogens is 184 g/mol. The SMILES string of the molecule is CC(O)CC(C)O.CC(O)CC(C)O. The topological polar surface area (TPSA) is 80.9 Å². The molecule has 0 radical (unpaired) electrons. The number of rotatable bonds is 4. The van der Waals surface area contributed by atoms with Crippen molar-refractivity contribution >= 4 is 0 Å². The van der Waals surface area contributed by atoms with Crippen LogP contribution in [0.2, 0.25) is 0 Å². The molecule has 0 fully saturated rings. The van der Waals surface area contributed by atoms with Crippen LogP contribution in [0.3, 0.4) is 0 Å². The van der Waals surface area contributed by atoms with Gasteiger partial charge in [-0.1, -0.05) is 0 Å². The van der Waals surface area contributed by atoms with Crippen LogP contribution in [-0.2, 0) is 0 Å². The zero-order valence-electron chi connectivity index (χ0n) is 9.51. The molecule has 0 amide bonds. The van der Waals surface area contributed by atoms with Crippen LogP contribution in [0.4, 0.5) is 0 Å². The summed E-state index contributed by atoms with van der Waals surface area (Å²) in [7, 11) is 0. The first-order valence-corrected chi connectivity index (χ1v) is 4.98. The smallest absolute Gasteiger partial charge is 0.0536 e. The molecule has 0 heterocycles. The van der Waals surface area contributed by atoms with Crippen molar-refractivity contribution in [1.82, 2.24) is 0 Å². The minimum Gasteiger partial charge on any atom is -0.393 e. The van der Waals surface area contributed by atoms with E-state index in [9.17, 15) is 0 Å². The fraction of sp³-hybridized carbons (Fsp3) is 1.00. The monoisotopic (exact) mass is 208 g/mol. The van der Waals surface area contributed by atoms with Crippen LogP contribution in [0.25, 0.3) is 0 Å². The van der Waals surface area contributed by atoms with Crippen LogP contribution in [-0.4, -0.2) is 44.8 Å². The molecule has 4 unspecified atom stereocenters. The van der Waals surface area contributed by atoms with E-state index in [0.717, 1.165) is 0 Å². The van der Waals surface area contributed by atoms with Gasteiger partial charge in [-0.15, -0.1) is 0 Å². The van der Waals surface area contributed by atoms with Crippen LogP contribution in [0.15, 0.2) is 0 Å². The molecule has 0 aromatic carbocycles. The van der Waals surface area contributed by atoms with E-state index in [1.807, 2.05) is 0 Å². The van der Waals surface area contributed by atoms with Crippen LogP contribution < -0.4 is 0 Å². The lowest BCUT2D eigenvalue weighted by Crippen LogP contribution is -2.10. The normalized spacial score (nSPS) is 18.9. The summed E-state index contributed by atoms with van der Waals surface area (Å²) in [6, 6.07) is 0. The van der Waals surface area contributed by atoms with Crippen molar-refractivity contribution in [3.05, 3.63) is 0 Å². The first kappa shape index (κ1) is 16.3. The second-order valence-electron chi connectivity index (χ2n) is 3.87. The molecule has 0 aromatic rings. The maximum absolute atomic E-state index is 8.56. The summed E-state index contributed by atoms with van der Waals surface area (Å²) in [5, 5.41) is 34.3. The zero-order valence-corrected chi connectivity index (χ0v) is 9.51. The maximum atomic E-state index is 8.56. The van der Waals surface area contributed by atoms with E-state index in [-0.39, 0.29) is 24.4 Å². The Hall–Kier alpha value is -0.160. The van der Waals surface area contributed by atoms with Crippen molar-refractivity contribution < 1.29 is 20.4 Å². The predicted molar refractivity (Wildman–Crippen MR) is 56.0 cm³/mol. The highest BCUT2D eigenvalue weighted by atomic mass is 16.3. The molecule has 4 nitrogen and oxygen atoms in total. The molecule has 0 saturated heterocycles. The first-order chi connectivity index (χ1) is 6.25. The third kappa shape index (κ3) is 22.6. The van der Waals surface area contributed by atoms with Crippen molar-refractivity contribution in [2.75, 3.05) is 0 Å². The molecule has 0 aliphatic heterocycles. The molecule has 0 aromatic heterocycles. The van der Waals surface area contributed by atoms with Gasteiger partial charge >= 0.3 is 0 Å². The van der Waals surface area contributed by atoms with E-state index in [4.69, 9.17) is 20.4 Å². The van der Waals surface area contributed by atoms with Crippen molar-refractivity contribution in [2.45, 2.75) is 65.0 Å². The molecule has 0 saturated carbocycles. The Morgan fingerprint density at radius 1 is 0.571 bits per heavy atom. The Kier molecular flexibility index (Phi) is 10.9. The minimum atomic E-state index is -0.375. The van der Waals surface area contributed by atoms with Crippen molar-refractivity contribution in [3.63, 3.8) is 0 Å². The van der Waals surface area contributed by atoms with Crippen molar-refractivity contribution in [1.29, 1.82) is 0 Å². The number of hydrogen-bond acceptors (Lipinski definition) is 4.